The summed E-state index contributed by atoms with van der Waals surface area (Å²) in [4.78, 5) is 4.39. The van der Waals surface area contributed by atoms with Crippen LogP contribution in [0.4, 0.5) is 5.82 Å². The Morgan fingerprint density at radius 3 is 2.90 bits per heavy atom. The summed E-state index contributed by atoms with van der Waals surface area (Å²) in [5.74, 6) is 1.23. The first-order chi connectivity index (χ1) is 9.57. The Bertz CT molecular complexity index is 545. The van der Waals surface area contributed by atoms with Gasteiger partial charge in [0, 0.05) is 32.4 Å². The molecule has 5 nitrogen and oxygen atoms in total. The van der Waals surface area contributed by atoms with Crippen molar-refractivity contribution in [2.75, 3.05) is 25.5 Å². The maximum Gasteiger partial charge on any atom is 0.243 e. The van der Waals surface area contributed by atoms with Crippen molar-refractivity contribution in [2.24, 2.45) is 5.92 Å². The predicted octanol–water partition coefficient (Wildman–Crippen LogP) is 2.32. The summed E-state index contributed by atoms with van der Waals surface area (Å²) < 4.78 is 27.0. The number of hydrogen-bond donors (Lipinski definition) is 1. The summed E-state index contributed by atoms with van der Waals surface area (Å²) in [6, 6.07) is 3.16. The van der Waals surface area contributed by atoms with Gasteiger partial charge in [-0.2, -0.15) is 4.31 Å². The molecule has 0 saturated carbocycles. The van der Waals surface area contributed by atoms with Crippen LogP contribution in [-0.2, 0) is 10.0 Å². The monoisotopic (exact) mass is 297 g/mol. The molecule has 1 aromatic rings. The van der Waals surface area contributed by atoms with Gasteiger partial charge in [-0.1, -0.05) is 13.3 Å². The molecule has 0 spiro atoms. The van der Waals surface area contributed by atoms with Gasteiger partial charge in [0.2, 0.25) is 10.0 Å². The van der Waals surface area contributed by atoms with Gasteiger partial charge in [0.1, 0.15) is 5.82 Å². The van der Waals surface area contributed by atoms with Gasteiger partial charge in [-0.05, 0) is 31.2 Å². The molecule has 0 aliphatic carbocycles. The first-order valence-corrected chi connectivity index (χ1v) is 8.66. The third-order valence-corrected chi connectivity index (χ3v) is 5.90. The molecule has 6 heteroatoms. The lowest BCUT2D eigenvalue weighted by atomic mass is 9.98. The van der Waals surface area contributed by atoms with Crippen LogP contribution in [0.25, 0.3) is 0 Å². The number of nitrogens with zero attached hydrogens (tertiary/aromatic N) is 2. The predicted molar refractivity (Wildman–Crippen MR) is 80.2 cm³/mol. The molecule has 1 aromatic heterocycles. The molecule has 1 atom stereocenters. The maximum absolute atomic E-state index is 12.7. The molecule has 1 aliphatic rings. The Kier molecular flexibility index (Phi) is 4.99. The fourth-order valence-electron chi connectivity index (χ4n) is 2.65. The number of rotatable bonds is 4. The average Bonchev–Trinajstić information content (AvgIpc) is 2.73. The van der Waals surface area contributed by atoms with Crippen LogP contribution in [0.2, 0.25) is 0 Å². The van der Waals surface area contributed by atoms with Crippen LogP contribution in [0.15, 0.2) is 23.2 Å². The first kappa shape index (κ1) is 15.3. The van der Waals surface area contributed by atoms with Crippen molar-refractivity contribution >= 4 is 15.8 Å². The largest absolute Gasteiger partial charge is 0.373 e. The minimum atomic E-state index is -3.40. The van der Waals surface area contributed by atoms with Crippen LogP contribution in [0.5, 0.6) is 0 Å². The zero-order valence-corrected chi connectivity index (χ0v) is 13.0. The molecule has 0 radical (unpaired) electrons. The van der Waals surface area contributed by atoms with Crippen molar-refractivity contribution in [3.8, 4) is 0 Å². The third kappa shape index (κ3) is 3.30. The molecule has 2 rings (SSSR count). The van der Waals surface area contributed by atoms with Crippen molar-refractivity contribution < 1.29 is 8.42 Å². The molecule has 1 aliphatic heterocycles. The highest BCUT2D eigenvalue weighted by molar-refractivity contribution is 7.89. The highest BCUT2D eigenvalue weighted by Crippen LogP contribution is 2.25. The Hall–Kier alpha value is -1.14. The normalized spacial score (nSPS) is 21.4. The summed E-state index contributed by atoms with van der Waals surface area (Å²) >= 11 is 0. The lowest BCUT2D eigenvalue weighted by Gasteiger charge is -2.20. The molecule has 0 amide bonds. The highest BCUT2D eigenvalue weighted by atomic mass is 32.2. The number of anilines is 1. The molecular weight excluding hydrogens is 274 g/mol. The van der Waals surface area contributed by atoms with Gasteiger partial charge in [-0.15, -0.1) is 0 Å². The summed E-state index contributed by atoms with van der Waals surface area (Å²) in [7, 11) is -1.66. The van der Waals surface area contributed by atoms with Gasteiger partial charge in [0.15, 0.2) is 0 Å². The second-order valence-electron chi connectivity index (χ2n) is 5.24. The number of nitrogens with one attached hydrogen (secondary N) is 1. The molecule has 0 bridgehead atoms. The molecule has 1 unspecified atom stereocenters. The smallest absolute Gasteiger partial charge is 0.243 e. The Morgan fingerprint density at radius 2 is 2.20 bits per heavy atom. The standard InChI is InChI=1S/C14H23N3O2S/c1-3-12-5-4-9-17(10-7-12)20(18,19)13-6-8-16-14(11-13)15-2/h6,8,11-12H,3-5,7,9-10H2,1-2H3,(H,15,16). The topological polar surface area (TPSA) is 62.3 Å². The number of pyridine rings is 1. The van der Waals surface area contributed by atoms with E-state index in [0.29, 0.717) is 29.7 Å². The zero-order chi connectivity index (χ0) is 14.6. The van der Waals surface area contributed by atoms with E-state index >= 15 is 0 Å². The van der Waals surface area contributed by atoms with E-state index in [4.69, 9.17) is 0 Å². The summed E-state index contributed by atoms with van der Waals surface area (Å²) in [5, 5.41) is 2.88. The number of aromatic nitrogens is 1. The van der Waals surface area contributed by atoms with E-state index in [9.17, 15) is 8.42 Å². The van der Waals surface area contributed by atoms with Crippen molar-refractivity contribution in [3.63, 3.8) is 0 Å². The zero-order valence-electron chi connectivity index (χ0n) is 12.2. The fraction of sp³-hybridized carbons (Fsp3) is 0.643. The van der Waals surface area contributed by atoms with Gasteiger partial charge >= 0.3 is 0 Å². The van der Waals surface area contributed by atoms with E-state index in [1.165, 1.54) is 6.20 Å². The minimum Gasteiger partial charge on any atom is -0.373 e. The molecule has 1 N–H and O–H groups in total. The van der Waals surface area contributed by atoms with E-state index < -0.39 is 10.0 Å². The van der Waals surface area contributed by atoms with Gasteiger partial charge in [0.05, 0.1) is 4.90 Å². The van der Waals surface area contributed by atoms with E-state index in [1.54, 1.807) is 23.5 Å². The molecule has 0 aromatic carbocycles. The minimum absolute atomic E-state index is 0.326. The Labute approximate surface area is 121 Å². The van der Waals surface area contributed by atoms with Crippen molar-refractivity contribution in [3.05, 3.63) is 18.3 Å². The van der Waals surface area contributed by atoms with Gasteiger partial charge in [-0.25, -0.2) is 13.4 Å². The first-order valence-electron chi connectivity index (χ1n) is 7.22. The SMILES string of the molecule is CCC1CCCN(S(=O)(=O)c2ccnc(NC)c2)CC1. The summed E-state index contributed by atoms with van der Waals surface area (Å²) in [5.41, 5.74) is 0. The Morgan fingerprint density at radius 1 is 1.40 bits per heavy atom. The van der Waals surface area contributed by atoms with Crippen LogP contribution in [0, 0.1) is 5.92 Å². The van der Waals surface area contributed by atoms with Crippen molar-refractivity contribution in [1.82, 2.24) is 9.29 Å². The maximum atomic E-state index is 12.7. The van der Waals surface area contributed by atoms with Crippen molar-refractivity contribution in [2.45, 2.75) is 37.5 Å². The lowest BCUT2D eigenvalue weighted by molar-refractivity contribution is 0.407. The van der Waals surface area contributed by atoms with Gasteiger partial charge < -0.3 is 5.32 Å². The molecule has 2 heterocycles. The van der Waals surface area contributed by atoms with Crippen LogP contribution in [0.3, 0.4) is 0 Å². The average molecular weight is 297 g/mol. The summed E-state index contributed by atoms with van der Waals surface area (Å²) in [6.45, 7) is 3.42. The third-order valence-electron chi connectivity index (χ3n) is 4.01. The van der Waals surface area contributed by atoms with E-state index in [0.717, 1.165) is 25.7 Å². The van der Waals surface area contributed by atoms with Crippen LogP contribution in [0.1, 0.15) is 32.6 Å². The second kappa shape index (κ2) is 6.54. The van der Waals surface area contributed by atoms with E-state index in [2.05, 4.69) is 17.2 Å². The van der Waals surface area contributed by atoms with Crippen molar-refractivity contribution in [1.29, 1.82) is 0 Å². The summed E-state index contributed by atoms with van der Waals surface area (Å²) in [6.07, 6.45) is 5.69. The van der Waals surface area contributed by atoms with Crippen LogP contribution in [-0.4, -0.2) is 37.8 Å². The fourth-order valence-corrected chi connectivity index (χ4v) is 4.15. The Balaban J connectivity index is 2.21. The molecule has 1 fully saturated rings. The molecule has 1 saturated heterocycles. The molecular formula is C14H23N3O2S. The number of sulfonamides is 1. The van der Waals surface area contributed by atoms with Gasteiger partial charge in [-0.3, -0.25) is 0 Å². The number of hydrogen-bond acceptors (Lipinski definition) is 4. The second-order valence-corrected chi connectivity index (χ2v) is 7.17. The van der Waals surface area contributed by atoms with Gasteiger partial charge in [0.25, 0.3) is 0 Å². The molecule has 20 heavy (non-hydrogen) atoms. The highest BCUT2D eigenvalue weighted by Gasteiger charge is 2.27. The lowest BCUT2D eigenvalue weighted by Crippen LogP contribution is -2.32. The van der Waals surface area contributed by atoms with E-state index in [-0.39, 0.29) is 0 Å². The molecule has 112 valence electrons. The van der Waals surface area contributed by atoms with E-state index in [1.807, 2.05) is 0 Å². The van der Waals surface area contributed by atoms with Crippen LogP contribution >= 0.6 is 0 Å². The van der Waals surface area contributed by atoms with Crippen LogP contribution < -0.4 is 5.32 Å². The quantitative estimate of drug-likeness (QED) is 0.926.